The summed E-state index contributed by atoms with van der Waals surface area (Å²) in [5, 5.41) is 5.74. The summed E-state index contributed by atoms with van der Waals surface area (Å²) in [6.07, 6.45) is 1.60. The van der Waals surface area contributed by atoms with E-state index in [2.05, 4.69) is 10.1 Å². The first-order valence-electron chi connectivity index (χ1n) is 11.7. The second-order valence-electron chi connectivity index (χ2n) is 8.58. The van der Waals surface area contributed by atoms with Crippen LogP contribution in [0.4, 0.5) is 10.1 Å². The predicted molar refractivity (Wildman–Crippen MR) is 138 cm³/mol. The zero-order chi connectivity index (χ0) is 26.3. The van der Waals surface area contributed by atoms with Crippen LogP contribution in [0.1, 0.15) is 32.4 Å². The maximum absolute atomic E-state index is 13.7. The van der Waals surface area contributed by atoms with Crippen LogP contribution in [0.2, 0.25) is 0 Å². The van der Waals surface area contributed by atoms with Crippen molar-refractivity contribution in [1.29, 1.82) is 0 Å². The number of carbonyl (C=O) groups excluding carboxylic acids is 2. The van der Waals surface area contributed by atoms with E-state index in [1.54, 1.807) is 39.0 Å². The molecular weight excluding hydrogens is 495 g/mol. The second kappa shape index (κ2) is 9.70. The summed E-state index contributed by atoms with van der Waals surface area (Å²) >= 11 is 1.12. The molecule has 0 unspecified atom stereocenters. The molecule has 2 aliphatic heterocycles. The van der Waals surface area contributed by atoms with Gasteiger partial charge in [0.25, 0.3) is 11.5 Å². The third-order valence-corrected chi connectivity index (χ3v) is 7.21. The number of esters is 1. The van der Waals surface area contributed by atoms with E-state index in [0.717, 1.165) is 11.3 Å². The smallest absolute Gasteiger partial charge is 0.338 e. The van der Waals surface area contributed by atoms with Crippen LogP contribution in [0.25, 0.3) is 6.08 Å². The monoisotopic (exact) mass is 518 g/mol. The second-order valence-corrected chi connectivity index (χ2v) is 9.59. The lowest BCUT2D eigenvalue weighted by atomic mass is 9.96. The lowest BCUT2D eigenvalue weighted by Gasteiger charge is -2.24. The molecule has 0 radical (unpaired) electrons. The number of allylic oxidation sites excluding steroid dienone is 1. The van der Waals surface area contributed by atoms with E-state index in [-0.39, 0.29) is 18.1 Å². The third kappa shape index (κ3) is 4.33. The molecule has 3 aromatic rings. The number of carbonyl (C=O) groups is 2. The molecule has 37 heavy (non-hydrogen) atoms. The first-order chi connectivity index (χ1) is 17.8. The van der Waals surface area contributed by atoms with Crippen LogP contribution < -0.4 is 19.9 Å². The van der Waals surface area contributed by atoms with Gasteiger partial charge in [0.05, 0.1) is 39.9 Å². The first kappa shape index (κ1) is 24.5. The maximum atomic E-state index is 13.7. The lowest BCUT2D eigenvalue weighted by Crippen LogP contribution is -2.40. The quantitative estimate of drug-likeness (QED) is 0.486. The van der Waals surface area contributed by atoms with E-state index in [1.165, 1.54) is 33.8 Å². The topological polar surface area (TPSA) is 93.3 Å². The lowest BCUT2D eigenvalue weighted by molar-refractivity contribution is -0.139. The van der Waals surface area contributed by atoms with Gasteiger partial charge in [-0.1, -0.05) is 41.7 Å². The van der Waals surface area contributed by atoms with E-state index in [4.69, 9.17) is 4.74 Å². The van der Waals surface area contributed by atoms with Gasteiger partial charge in [-0.25, -0.2) is 14.2 Å². The number of halogens is 1. The highest BCUT2D eigenvalue weighted by Crippen LogP contribution is 2.31. The van der Waals surface area contributed by atoms with Gasteiger partial charge in [-0.15, -0.1) is 0 Å². The summed E-state index contributed by atoms with van der Waals surface area (Å²) in [5.74, 6) is -2.03. The normalized spacial score (nSPS) is 19.6. The number of ether oxygens (including phenoxy) is 1. The van der Waals surface area contributed by atoms with Gasteiger partial charge in [-0.3, -0.25) is 14.2 Å². The molecule has 0 spiro atoms. The number of hydrazone groups is 1. The summed E-state index contributed by atoms with van der Waals surface area (Å²) in [5.41, 5.74) is 1.93. The van der Waals surface area contributed by atoms with Crippen LogP contribution in [-0.2, 0) is 14.3 Å². The molecule has 10 heteroatoms. The van der Waals surface area contributed by atoms with Crippen molar-refractivity contribution in [1.82, 2.24) is 4.57 Å². The van der Waals surface area contributed by atoms with Gasteiger partial charge in [0.15, 0.2) is 4.80 Å². The van der Waals surface area contributed by atoms with Crippen molar-refractivity contribution in [2.45, 2.75) is 26.8 Å². The average molecular weight is 519 g/mol. The fraction of sp³-hybridized carbons (Fsp3) is 0.222. The van der Waals surface area contributed by atoms with Gasteiger partial charge in [-0.2, -0.15) is 10.1 Å². The van der Waals surface area contributed by atoms with Gasteiger partial charge < -0.3 is 4.74 Å². The third-order valence-electron chi connectivity index (χ3n) is 6.20. The molecule has 2 aromatic carbocycles. The Morgan fingerprint density at radius 3 is 2.49 bits per heavy atom. The van der Waals surface area contributed by atoms with Crippen molar-refractivity contribution in [3.05, 3.63) is 96.9 Å². The van der Waals surface area contributed by atoms with Gasteiger partial charge in [0.1, 0.15) is 11.7 Å². The molecule has 5 rings (SSSR count). The average Bonchev–Trinajstić information content (AvgIpc) is 3.34. The first-order valence-corrected chi connectivity index (χ1v) is 12.5. The summed E-state index contributed by atoms with van der Waals surface area (Å²) in [6.45, 7) is 5.26. The van der Waals surface area contributed by atoms with E-state index < -0.39 is 29.3 Å². The van der Waals surface area contributed by atoms with Gasteiger partial charge in [0.2, 0.25) is 0 Å². The SMILES string of the molecule is CCOC(=O)C1=C(C)N=c2s/c(=C/[C@@H]3C(=O)N(c4ccccc4)N=C3C)c(=O)n2[C@@H]1c1ccc(F)cc1. The Hall–Kier alpha value is -4.18. The van der Waals surface area contributed by atoms with Gasteiger partial charge in [0, 0.05) is 0 Å². The number of para-hydroxylation sites is 1. The molecular formula is C27H23FN4O4S. The fourth-order valence-electron chi connectivity index (χ4n) is 4.44. The highest BCUT2D eigenvalue weighted by atomic mass is 32.1. The van der Waals surface area contributed by atoms with Crippen molar-refractivity contribution in [3.63, 3.8) is 0 Å². The molecule has 8 nitrogen and oxygen atoms in total. The van der Waals surface area contributed by atoms with Crippen molar-refractivity contribution >= 4 is 40.7 Å². The molecule has 0 aliphatic carbocycles. The molecule has 188 valence electrons. The Kier molecular flexibility index (Phi) is 6.43. The molecule has 0 fully saturated rings. The summed E-state index contributed by atoms with van der Waals surface area (Å²) < 4.78 is 20.7. The van der Waals surface area contributed by atoms with E-state index in [1.807, 2.05) is 18.2 Å². The Morgan fingerprint density at radius 1 is 1.11 bits per heavy atom. The number of hydrogen-bond acceptors (Lipinski definition) is 7. The number of thiazole rings is 1. The summed E-state index contributed by atoms with van der Waals surface area (Å²) in [4.78, 5) is 44.7. The number of anilines is 1. The van der Waals surface area contributed by atoms with Crippen LogP contribution in [-0.4, -0.2) is 28.8 Å². The number of hydrogen-bond donors (Lipinski definition) is 0. The van der Waals surface area contributed by atoms with Crippen molar-refractivity contribution in [3.8, 4) is 0 Å². The summed E-state index contributed by atoms with van der Waals surface area (Å²) in [6, 6.07) is 13.8. The van der Waals surface area contributed by atoms with Gasteiger partial charge in [-0.05, 0) is 56.7 Å². The molecule has 2 aliphatic rings. The highest BCUT2D eigenvalue weighted by molar-refractivity contribution is 7.07. The van der Waals surface area contributed by atoms with Crippen LogP contribution >= 0.6 is 11.3 Å². The fourth-order valence-corrected chi connectivity index (χ4v) is 5.50. The zero-order valence-electron chi connectivity index (χ0n) is 20.3. The molecule has 0 bridgehead atoms. The standard InChI is InChI=1S/C27H23FN4O4S/c1-4-36-26(35)22-16(3)29-27-31(23(22)17-10-12-18(28)13-11-17)25(34)21(37-27)14-20-15(2)30-32(24(20)33)19-8-6-5-7-9-19/h5-14,20,23H,4H2,1-3H3/b21-14+/t20-,23+/m0/s1. The molecule has 2 atom stereocenters. The van der Waals surface area contributed by atoms with Crippen LogP contribution in [0.5, 0.6) is 0 Å². The van der Waals surface area contributed by atoms with Crippen molar-refractivity contribution in [2.24, 2.45) is 16.0 Å². The minimum Gasteiger partial charge on any atom is -0.463 e. The summed E-state index contributed by atoms with van der Waals surface area (Å²) in [7, 11) is 0. The number of rotatable bonds is 5. The van der Waals surface area contributed by atoms with Crippen molar-refractivity contribution < 1.29 is 18.7 Å². The molecule has 0 saturated heterocycles. The van der Waals surface area contributed by atoms with Crippen molar-refractivity contribution in [2.75, 3.05) is 11.6 Å². The molecule has 0 saturated carbocycles. The van der Waals surface area contributed by atoms with Crippen LogP contribution in [0.15, 0.2) is 80.8 Å². The maximum Gasteiger partial charge on any atom is 0.338 e. The molecule has 1 aromatic heterocycles. The highest BCUT2D eigenvalue weighted by Gasteiger charge is 2.35. The molecule has 3 heterocycles. The van der Waals surface area contributed by atoms with E-state index in [9.17, 15) is 18.8 Å². The molecule has 0 N–H and O–H groups in total. The largest absolute Gasteiger partial charge is 0.463 e. The Balaban J connectivity index is 1.63. The Labute approximate surface area is 215 Å². The predicted octanol–water partition coefficient (Wildman–Crippen LogP) is 2.93. The zero-order valence-corrected chi connectivity index (χ0v) is 21.2. The van der Waals surface area contributed by atoms with Gasteiger partial charge >= 0.3 is 5.97 Å². The Bertz CT molecular complexity index is 1640. The van der Waals surface area contributed by atoms with E-state index >= 15 is 0 Å². The number of aromatic nitrogens is 1. The van der Waals surface area contributed by atoms with Crippen LogP contribution in [0, 0.1) is 11.7 Å². The minimum atomic E-state index is -0.854. The number of benzene rings is 2. The molecule has 1 amide bonds. The minimum absolute atomic E-state index is 0.149. The number of amides is 1. The van der Waals surface area contributed by atoms with Crippen LogP contribution in [0.3, 0.4) is 0 Å². The number of fused-ring (bicyclic) bond motifs is 1. The van der Waals surface area contributed by atoms with E-state index in [0.29, 0.717) is 32.0 Å². The Morgan fingerprint density at radius 2 is 1.81 bits per heavy atom. The number of nitrogens with zero attached hydrogens (tertiary/aromatic N) is 4.